The number of esters is 4. The van der Waals surface area contributed by atoms with Crippen molar-refractivity contribution in [1.29, 1.82) is 0 Å². The second kappa shape index (κ2) is 16.2. The maximum absolute atomic E-state index is 15.5. The fourth-order valence-electron chi connectivity index (χ4n) is 12.8. The molecule has 4 aliphatic carbocycles. The zero-order valence-corrected chi connectivity index (χ0v) is 39.6. The maximum atomic E-state index is 15.5. The molecule has 69 heavy (non-hydrogen) atoms. The Labute approximate surface area is 406 Å². The van der Waals surface area contributed by atoms with Gasteiger partial charge in [-0.2, -0.15) is 0 Å². The third kappa shape index (κ3) is 6.62. The zero-order valence-electron chi connectivity index (χ0n) is 38.1. The average Bonchev–Trinajstić information content (AvgIpc) is 3.73. The molecule has 3 heterocycles. The summed E-state index contributed by atoms with van der Waals surface area (Å²) in [6.45, 7) is 3.93. The van der Waals surface area contributed by atoms with Gasteiger partial charge >= 0.3 is 23.9 Å². The second-order valence-electron chi connectivity index (χ2n) is 19.4. The number of carbonyl (C=O) groups is 6. The van der Waals surface area contributed by atoms with Crippen molar-refractivity contribution in [3.05, 3.63) is 95.6 Å². The fraction of sp³-hybridized carbons (Fsp3) is 0.423. The molecule has 4 aromatic rings. The first-order chi connectivity index (χ1) is 33.1. The van der Waals surface area contributed by atoms with Gasteiger partial charge in [-0.05, 0) is 53.2 Å². The second-order valence-corrected chi connectivity index (χ2v) is 20.1. The number of benzene rings is 4. The Hall–Kier alpha value is -6.16. The lowest BCUT2D eigenvalue weighted by Gasteiger charge is -2.43. The van der Waals surface area contributed by atoms with E-state index in [9.17, 15) is 29.1 Å². The molecule has 2 amide bonds. The molecule has 1 N–H and O–H groups in total. The largest absolute Gasteiger partial charge is 0.507 e. The number of hydrogen-bond acceptors (Lipinski definition) is 13. The van der Waals surface area contributed by atoms with Gasteiger partial charge in [-0.3, -0.25) is 24.0 Å². The predicted octanol–water partition coefficient (Wildman–Crippen LogP) is 7.23. The molecule has 15 nitrogen and oxygen atoms in total. The fourth-order valence-corrected chi connectivity index (χ4v) is 13.4. The molecule has 0 bridgehead atoms. The maximum Gasteiger partial charge on any atom is 0.339 e. The normalized spacial score (nSPS) is 31.3. The highest BCUT2D eigenvalue weighted by Crippen LogP contribution is 3.01. The van der Waals surface area contributed by atoms with E-state index >= 15 is 4.79 Å². The summed E-state index contributed by atoms with van der Waals surface area (Å²) in [4.78, 5) is 84.9. The van der Waals surface area contributed by atoms with E-state index in [-0.39, 0.29) is 41.7 Å². The van der Waals surface area contributed by atoms with Gasteiger partial charge in [0, 0.05) is 79.9 Å². The molecule has 3 aliphatic heterocycles. The van der Waals surface area contributed by atoms with Gasteiger partial charge in [0.15, 0.2) is 18.3 Å². The summed E-state index contributed by atoms with van der Waals surface area (Å²) >= 11 is 14.0. The number of amides is 2. The minimum atomic E-state index is -1.70. The van der Waals surface area contributed by atoms with E-state index in [1.165, 1.54) is 0 Å². The molecular weight excluding hydrogens is 931 g/mol. The summed E-state index contributed by atoms with van der Waals surface area (Å²) in [5, 5.41) is 13.4. The number of methoxy groups -OCH3 is 1. The van der Waals surface area contributed by atoms with Gasteiger partial charge in [0.05, 0.1) is 34.7 Å². The highest BCUT2D eigenvalue weighted by molar-refractivity contribution is 6.24. The molecule has 358 valence electrons. The molecule has 0 aromatic heterocycles. The Morgan fingerprint density at radius 2 is 1.35 bits per heavy atom. The number of hydrogen-bond donors (Lipinski definition) is 1. The average molecular weight is 980 g/mol. The third-order valence-corrected chi connectivity index (χ3v) is 16.6. The first kappa shape index (κ1) is 45.3. The molecule has 1 saturated heterocycles. The molecule has 4 fully saturated rings. The number of rotatable bonds is 11. The van der Waals surface area contributed by atoms with Crippen molar-refractivity contribution in [2.24, 2.45) is 16.2 Å². The van der Waals surface area contributed by atoms with Crippen LogP contribution in [0.15, 0.2) is 84.5 Å². The van der Waals surface area contributed by atoms with Crippen molar-refractivity contribution in [3.63, 3.8) is 0 Å². The van der Waals surface area contributed by atoms with E-state index < -0.39 is 76.2 Å². The Balaban J connectivity index is 0.958. The predicted molar refractivity (Wildman–Crippen MR) is 251 cm³/mol. The summed E-state index contributed by atoms with van der Waals surface area (Å²) < 4.78 is 34.6. The molecule has 4 unspecified atom stereocenters. The van der Waals surface area contributed by atoms with Crippen molar-refractivity contribution >= 4 is 91.8 Å². The van der Waals surface area contributed by atoms with E-state index in [1.807, 2.05) is 60.7 Å². The van der Waals surface area contributed by atoms with Crippen LogP contribution in [0.1, 0.15) is 69.4 Å². The van der Waals surface area contributed by atoms with Crippen LogP contribution in [0.25, 0.3) is 21.5 Å². The van der Waals surface area contributed by atoms with Crippen LogP contribution in [0.2, 0.25) is 0 Å². The number of phenolic OH excluding ortho intramolecular Hbond substituents is 1. The Morgan fingerprint density at radius 3 is 1.94 bits per heavy atom. The van der Waals surface area contributed by atoms with Crippen molar-refractivity contribution in [2.75, 3.05) is 35.9 Å². The first-order valence-electron chi connectivity index (χ1n) is 23.0. The summed E-state index contributed by atoms with van der Waals surface area (Å²) in [6, 6.07) is 18.3. The van der Waals surface area contributed by atoms with Gasteiger partial charge in [-0.25, -0.2) is 4.79 Å². The van der Waals surface area contributed by atoms with Crippen LogP contribution in [0.3, 0.4) is 0 Å². The lowest BCUT2D eigenvalue weighted by Crippen LogP contribution is -2.64. The van der Waals surface area contributed by atoms with Crippen molar-refractivity contribution in [3.8, 4) is 11.5 Å². The lowest BCUT2D eigenvalue weighted by molar-refractivity contribution is -0.282. The number of nitrogens with zero attached hydrogens (tertiary/aromatic N) is 2. The minimum Gasteiger partial charge on any atom is -0.507 e. The van der Waals surface area contributed by atoms with Crippen LogP contribution in [0, 0.1) is 16.2 Å². The van der Waals surface area contributed by atoms with Gasteiger partial charge in [0.1, 0.15) is 11.5 Å². The number of fused-ring (bicyclic) bond motifs is 6. The Kier molecular flexibility index (Phi) is 10.6. The van der Waals surface area contributed by atoms with E-state index in [1.54, 1.807) is 28.0 Å². The van der Waals surface area contributed by atoms with Gasteiger partial charge < -0.3 is 43.3 Å². The van der Waals surface area contributed by atoms with Crippen molar-refractivity contribution < 1.29 is 62.3 Å². The Morgan fingerprint density at radius 1 is 0.768 bits per heavy atom. The van der Waals surface area contributed by atoms with Crippen LogP contribution < -0.4 is 14.5 Å². The summed E-state index contributed by atoms with van der Waals surface area (Å²) in [5.74, 6) is -3.63. The molecule has 17 heteroatoms. The number of alkyl halides is 2. The number of phenols is 1. The topological polar surface area (TPSA) is 185 Å². The molecule has 11 rings (SSSR count). The van der Waals surface area contributed by atoms with Gasteiger partial charge in [-0.15, -0.1) is 23.2 Å². The zero-order chi connectivity index (χ0) is 48.5. The molecule has 1 spiro atoms. The summed E-state index contributed by atoms with van der Waals surface area (Å²) in [6.07, 6.45) is -0.0207. The van der Waals surface area contributed by atoms with Crippen molar-refractivity contribution in [1.82, 2.24) is 0 Å². The van der Waals surface area contributed by atoms with Crippen LogP contribution in [-0.4, -0.2) is 103 Å². The number of allylic oxidation sites excluding steroid dienone is 4. The monoisotopic (exact) mass is 978 g/mol. The van der Waals surface area contributed by atoms with E-state index in [0.717, 1.165) is 50.0 Å². The van der Waals surface area contributed by atoms with E-state index in [0.29, 0.717) is 65.6 Å². The highest BCUT2D eigenvalue weighted by atomic mass is 35.5. The van der Waals surface area contributed by atoms with Crippen LogP contribution in [0.4, 0.5) is 11.4 Å². The highest BCUT2D eigenvalue weighted by Gasteiger charge is 3.01. The molecule has 0 radical (unpaired) electrons. The van der Waals surface area contributed by atoms with Crippen molar-refractivity contribution in [2.45, 2.75) is 94.4 Å². The quantitative estimate of drug-likeness (QED) is 0.0903. The molecule has 3 saturated carbocycles. The van der Waals surface area contributed by atoms with Crippen LogP contribution in [-0.2, 0) is 52.5 Å². The summed E-state index contributed by atoms with van der Waals surface area (Å²) in [5.41, 5.74) is 1.86. The molecule has 11 atom stereocenters. The first-order valence-corrected chi connectivity index (χ1v) is 24.0. The van der Waals surface area contributed by atoms with E-state index in [4.69, 9.17) is 51.6 Å². The molecule has 4 aromatic carbocycles. The third-order valence-electron chi connectivity index (χ3n) is 15.7. The molecular formula is C52H48Cl2N2O13. The van der Waals surface area contributed by atoms with Gasteiger partial charge in [-0.1, -0.05) is 66.8 Å². The SMILES string of the molecule is COC(=O)[C@H]1O[C@@H](Oc2cc3c(c4ccccc24)[C@H](C(Cl)C2=CC=CC2)CN3C(=O)C23CC4(C(=O)N5C[C@@H](CCl)c6c5cc(O)c5ccccc65)CC42C3)[C@H](OC(C)=O)[C@@H](OC(C)=O)[C@@H]1OC(C)=O. The smallest absolute Gasteiger partial charge is 0.339 e. The van der Waals surface area contributed by atoms with Gasteiger partial charge in [0.25, 0.3) is 0 Å². The lowest BCUT2D eigenvalue weighted by atomic mass is 9.72. The standard InChI is InChI=1S/C52H48Cl2N2O13/c1-25(57)65-42-43(66-26(2)58)45(67-27(3)59)47(69-44(42)46(61)64-4)68-38-18-36-40(33-16-10-8-14-31(33)38)34(41(54)28-11-5-6-12-28)21-56(36)49(63)51-22-50(23-52(50,51)24-51)48(62)55-20-29(19-53)39-32-15-9-7-13-30(32)37(60)17-35(39)55/h5-11,13-18,29,34,41-45,47,60H,12,19-24H2,1-4H3/t29-,34-,41?,42+,43+,44+,45-,47-,50?,51?,52?/m1/s1. The molecule has 7 aliphatic rings. The number of halogens is 2. The number of aromatic hydroxyl groups is 1. The minimum absolute atomic E-state index is 0.0575. The van der Waals surface area contributed by atoms with Crippen LogP contribution in [0.5, 0.6) is 11.5 Å². The van der Waals surface area contributed by atoms with Crippen LogP contribution >= 0.6 is 23.2 Å². The van der Waals surface area contributed by atoms with Gasteiger partial charge in [0.2, 0.25) is 24.2 Å². The Bertz CT molecular complexity index is 3010. The number of anilines is 2. The number of carbonyl (C=O) groups excluding carboxylic acids is 6. The van der Waals surface area contributed by atoms with E-state index in [2.05, 4.69) is 0 Å². The number of ether oxygens (including phenoxy) is 6. The summed E-state index contributed by atoms with van der Waals surface area (Å²) in [7, 11) is 1.10.